The Morgan fingerprint density at radius 2 is 2.18 bits per heavy atom. The largest absolute Gasteiger partial charge is 0.383 e. The average molecular weight is 303 g/mol. The monoisotopic (exact) mass is 303 g/mol. The number of ether oxygens (including phenoxy) is 1. The molecule has 0 fully saturated rings. The molecule has 0 aromatic carbocycles. The van der Waals surface area contributed by atoms with E-state index in [1.807, 2.05) is 24.9 Å². The summed E-state index contributed by atoms with van der Waals surface area (Å²) in [5, 5.41) is 10.2. The van der Waals surface area contributed by atoms with Gasteiger partial charge in [-0.25, -0.2) is 4.98 Å². The summed E-state index contributed by atoms with van der Waals surface area (Å²) in [5.74, 6) is 0.566. The van der Waals surface area contributed by atoms with Crippen molar-refractivity contribution in [2.24, 2.45) is 7.05 Å². The number of pyridine rings is 1. The number of methoxy groups -OCH3 is 1. The molecule has 2 heterocycles. The molecule has 0 bridgehead atoms. The maximum absolute atomic E-state index is 11.8. The van der Waals surface area contributed by atoms with Crippen LogP contribution in [0.5, 0.6) is 0 Å². The van der Waals surface area contributed by atoms with Gasteiger partial charge in [-0.05, 0) is 19.1 Å². The Hall–Kier alpha value is -2.41. The van der Waals surface area contributed by atoms with Crippen LogP contribution in [0.4, 0.5) is 5.82 Å². The SMILES string of the molecule is COCCNC(=O)c1ccc(NCc2cnn(C)c2C)nc1. The van der Waals surface area contributed by atoms with Crippen LogP contribution in [0.25, 0.3) is 0 Å². The highest BCUT2D eigenvalue weighted by atomic mass is 16.5. The van der Waals surface area contributed by atoms with Crippen LogP contribution in [0.15, 0.2) is 24.5 Å². The summed E-state index contributed by atoms with van der Waals surface area (Å²) in [6, 6.07) is 3.53. The molecule has 2 N–H and O–H groups in total. The molecule has 0 aliphatic carbocycles. The lowest BCUT2D eigenvalue weighted by atomic mass is 10.2. The number of rotatable bonds is 7. The van der Waals surface area contributed by atoms with Gasteiger partial charge in [0.05, 0.1) is 18.4 Å². The van der Waals surface area contributed by atoms with Crippen molar-refractivity contribution in [1.82, 2.24) is 20.1 Å². The van der Waals surface area contributed by atoms with Crippen molar-refractivity contribution in [2.45, 2.75) is 13.5 Å². The molecular weight excluding hydrogens is 282 g/mol. The third kappa shape index (κ3) is 4.05. The second-order valence-corrected chi connectivity index (χ2v) is 4.91. The number of aryl methyl sites for hydroxylation is 1. The van der Waals surface area contributed by atoms with Crippen LogP contribution < -0.4 is 10.6 Å². The standard InChI is InChI=1S/C15H21N5O2/c1-11-13(10-19-20(11)2)9-18-14-5-4-12(8-17-14)15(21)16-6-7-22-3/h4-5,8,10H,6-7,9H2,1-3H3,(H,16,21)(H,17,18). The minimum atomic E-state index is -0.154. The fraction of sp³-hybridized carbons (Fsp3) is 0.400. The molecule has 0 spiro atoms. The first kappa shape index (κ1) is 16.0. The molecule has 0 saturated heterocycles. The molecular formula is C15H21N5O2. The quantitative estimate of drug-likeness (QED) is 0.749. The summed E-state index contributed by atoms with van der Waals surface area (Å²) in [5.41, 5.74) is 2.76. The third-order valence-electron chi connectivity index (χ3n) is 3.41. The van der Waals surface area contributed by atoms with Gasteiger partial charge in [0.25, 0.3) is 5.91 Å². The zero-order chi connectivity index (χ0) is 15.9. The Labute approximate surface area is 129 Å². The second-order valence-electron chi connectivity index (χ2n) is 4.91. The number of anilines is 1. The van der Waals surface area contributed by atoms with Gasteiger partial charge in [-0.15, -0.1) is 0 Å². The zero-order valence-corrected chi connectivity index (χ0v) is 13.1. The van der Waals surface area contributed by atoms with E-state index in [0.717, 1.165) is 17.1 Å². The lowest BCUT2D eigenvalue weighted by molar-refractivity contribution is 0.0937. The number of carbonyl (C=O) groups excluding carboxylic acids is 1. The van der Waals surface area contributed by atoms with Crippen LogP contribution in [-0.2, 0) is 18.3 Å². The minimum Gasteiger partial charge on any atom is -0.383 e. The van der Waals surface area contributed by atoms with Crippen molar-refractivity contribution in [1.29, 1.82) is 0 Å². The van der Waals surface area contributed by atoms with E-state index in [9.17, 15) is 4.79 Å². The van der Waals surface area contributed by atoms with E-state index in [-0.39, 0.29) is 5.91 Å². The van der Waals surface area contributed by atoms with Crippen LogP contribution in [0, 0.1) is 6.92 Å². The van der Waals surface area contributed by atoms with Gasteiger partial charge >= 0.3 is 0 Å². The lowest BCUT2D eigenvalue weighted by Crippen LogP contribution is -2.27. The molecule has 0 aliphatic rings. The van der Waals surface area contributed by atoms with E-state index < -0.39 is 0 Å². The Bertz CT molecular complexity index is 621. The summed E-state index contributed by atoms with van der Waals surface area (Å²) in [6.45, 7) is 3.63. The Balaban J connectivity index is 1.89. The number of amides is 1. The first-order valence-corrected chi connectivity index (χ1v) is 7.06. The first-order valence-electron chi connectivity index (χ1n) is 7.06. The molecule has 0 radical (unpaired) electrons. The molecule has 0 unspecified atom stereocenters. The molecule has 22 heavy (non-hydrogen) atoms. The third-order valence-corrected chi connectivity index (χ3v) is 3.41. The van der Waals surface area contributed by atoms with Crippen molar-refractivity contribution in [3.05, 3.63) is 41.3 Å². The number of nitrogens with one attached hydrogen (secondary N) is 2. The number of carbonyl (C=O) groups is 1. The van der Waals surface area contributed by atoms with Crippen molar-refractivity contribution in [3.63, 3.8) is 0 Å². The second kappa shape index (κ2) is 7.56. The Morgan fingerprint density at radius 3 is 2.77 bits per heavy atom. The van der Waals surface area contributed by atoms with E-state index in [1.165, 1.54) is 0 Å². The van der Waals surface area contributed by atoms with Crippen molar-refractivity contribution >= 4 is 11.7 Å². The normalized spacial score (nSPS) is 10.5. The highest BCUT2D eigenvalue weighted by molar-refractivity contribution is 5.94. The van der Waals surface area contributed by atoms with Gasteiger partial charge in [-0.1, -0.05) is 0 Å². The first-order chi connectivity index (χ1) is 10.6. The highest BCUT2D eigenvalue weighted by Gasteiger charge is 2.06. The van der Waals surface area contributed by atoms with Gasteiger partial charge < -0.3 is 15.4 Å². The van der Waals surface area contributed by atoms with Crippen molar-refractivity contribution in [2.75, 3.05) is 25.6 Å². The molecule has 0 atom stereocenters. The fourth-order valence-corrected chi connectivity index (χ4v) is 1.90. The summed E-state index contributed by atoms with van der Waals surface area (Å²) in [4.78, 5) is 16.1. The van der Waals surface area contributed by atoms with Gasteiger partial charge in [0.1, 0.15) is 5.82 Å². The van der Waals surface area contributed by atoms with E-state index in [1.54, 1.807) is 25.4 Å². The van der Waals surface area contributed by atoms with Gasteiger partial charge in [0.2, 0.25) is 0 Å². The van der Waals surface area contributed by atoms with E-state index in [2.05, 4.69) is 20.7 Å². The maximum atomic E-state index is 11.8. The molecule has 2 aromatic heterocycles. The van der Waals surface area contributed by atoms with Gasteiger partial charge in [0.15, 0.2) is 0 Å². The molecule has 2 aromatic rings. The molecule has 0 saturated carbocycles. The molecule has 0 aliphatic heterocycles. The predicted octanol–water partition coefficient (Wildman–Crippen LogP) is 1.11. The smallest absolute Gasteiger partial charge is 0.252 e. The number of hydrogen-bond donors (Lipinski definition) is 2. The van der Waals surface area contributed by atoms with E-state index >= 15 is 0 Å². The molecule has 2 rings (SSSR count). The zero-order valence-electron chi connectivity index (χ0n) is 13.1. The Morgan fingerprint density at radius 1 is 1.36 bits per heavy atom. The van der Waals surface area contributed by atoms with Crippen LogP contribution in [0.3, 0.4) is 0 Å². The maximum Gasteiger partial charge on any atom is 0.252 e. The Kier molecular flexibility index (Phi) is 5.48. The summed E-state index contributed by atoms with van der Waals surface area (Å²) in [6.07, 6.45) is 3.39. The van der Waals surface area contributed by atoms with Crippen LogP contribution in [-0.4, -0.2) is 40.9 Å². The van der Waals surface area contributed by atoms with Crippen LogP contribution in [0.1, 0.15) is 21.6 Å². The minimum absolute atomic E-state index is 0.154. The highest BCUT2D eigenvalue weighted by Crippen LogP contribution is 2.10. The summed E-state index contributed by atoms with van der Waals surface area (Å²) < 4.78 is 6.72. The van der Waals surface area contributed by atoms with Gasteiger partial charge in [-0.2, -0.15) is 5.10 Å². The van der Waals surface area contributed by atoms with Crippen LogP contribution in [0.2, 0.25) is 0 Å². The van der Waals surface area contributed by atoms with Gasteiger partial charge in [0, 0.05) is 44.7 Å². The van der Waals surface area contributed by atoms with Crippen molar-refractivity contribution in [3.8, 4) is 0 Å². The topological polar surface area (TPSA) is 81.1 Å². The van der Waals surface area contributed by atoms with Crippen LogP contribution >= 0.6 is 0 Å². The molecule has 7 heteroatoms. The van der Waals surface area contributed by atoms with Gasteiger partial charge in [-0.3, -0.25) is 9.48 Å². The number of hydrogen-bond acceptors (Lipinski definition) is 5. The van der Waals surface area contributed by atoms with E-state index in [4.69, 9.17) is 4.74 Å². The number of nitrogens with zero attached hydrogens (tertiary/aromatic N) is 3. The average Bonchev–Trinajstić information content (AvgIpc) is 2.85. The molecule has 7 nitrogen and oxygen atoms in total. The lowest BCUT2D eigenvalue weighted by Gasteiger charge is -2.07. The van der Waals surface area contributed by atoms with Crippen molar-refractivity contribution < 1.29 is 9.53 Å². The molecule has 1 amide bonds. The van der Waals surface area contributed by atoms with E-state index in [0.29, 0.717) is 25.3 Å². The predicted molar refractivity (Wildman–Crippen MR) is 83.7 cm³/mol. The fourth-order valence-electron chi connectivity index (χ4n) is 1.90. The summed E-state index contributed by atoms with van der Waals surface area (Å²) in [7, 11) is 3.51. The number of aromatic nitrogens is 3. The molecule has 118 valence electrons. The summed E-state index contributed by atoms with van der Waals surface area (Å²) >= 11 is 0.